The third-order valence-electron chi connectivity index (χ3n) is 6.12. The average molecular weight is 544 g/mol. The van der Waals surface area contributed by atoms with Crippen molar-refractivity contribution in [3.8, 4) is 0 Å². The fourth-order valence-corrected chi connectivity index (χ4v) is 4.47. The molecule has 2 aliphatic rings. The minimum atomic E-state index is -0.603. The number of benzene rings is 2. The molecule has 0 unspecified atom stereocenters. The molecule has 0 saturated carbocycles. The highest BCUT2D eigenvalue weighted by molar-refractivity contribution is 7.80. The quantitative estimate of drug-likeness (QED) is 0.231. The van der Waals surface area contributed by atoms with E-state index in [-0.39, 0.29) is 23.0 Å². The van der Waals surface area contributed by atoms with Crippen molar-refractivity contribution in [3.63, 3.8) is 0 Å². The van der Waals surface area contributed by atoms with E-state index in [2.05, 4.69) is 15.5 Å². The molecule has 2 heterocycles. The number of nitrogens with one attached hydrogen (secondary N) is 2. The SMILES string of the molecule is CCOC(=O)c1ccc(N2CCOCC2)c(NC(=S)NC(=O)c2ccc(N3CCOCC3)c([N+](=O)[O-])c2)c1. The molecule has 2 saturated heterocycles. The Kier molecular flexibility index (Phi) is 9.05. The maximum Gasteiger partial charge on any atom is 0.338 e. The van der Waals surface area contributed by atoms with Crippen LogP contribution >= 0.6 is 12.2 Å². The topological polar surface area (TPSA) is 136 Å². The zero-order chi connectivity index (χ0) is 27.1. The number of rotatable bonds is 7. The molecule has 0 radical (unpaired) electrons. The van der Waals surface area contributed by atoms with Crippen molar-refractivity contribution in [2.75, 3.05) is 74.3 Å². The number of anilines is 3. The van der Waals surface area contributed by atoms with Crippen LogP contribution in [0.25, 0.3) is 0 Å². The van der Waals surface area contributed by atoms with Gasteiger partial charge >= 0.3 is 5.97 Å². The number of ether oxygens (including phenoxy) is 3. The van der Waals surface area contributed by atoms with E-state index >= 15 is 0 Å². The second-order valence-electron chi connectivity index (χ2n) is 8.52. The largest absolute Gasteiger partial charge is 0.462 e. The molecular formula is C25H29N5O7S. The maximum atomic E-state index is 13.0. The number of nitrogens with zero attached hydrogens (tertiary/aromatic N) is 3. The van der Waals surface area contributed by atoms with E-state index in [9.17, 15) is 19.7 Å². The van der Waals surface area contributed by atoms with Gasteiger partial charge in [0.25, 0.3) is 11.6 Å². The molecular weight excluding hydrogens is 514 g/mol. The van der Waals surface area contributed by atoms with Gasteiger partial charge < -0.3 is 29.3 Å². The van der Waals surface area contributed by atoms with E-state index in [0.717, 1.165) is 5.69 Å². The molecule has 202 valence electrons. The number of thiocarbonyl (C=S) groups is 1. The van der Waals surface area contributed by atoms with Gasteiger partial charge in [0.15, 0.2) is 5.11 Å². The maximum absolute atomic E-state index is 13.0. The predicted octanol–water partition coefficient (Wildman–Crippen LogP) is 2.57. The molecule has 2 N–H and O–H groups in total. The summed E-state index contributed by atoms with van der Waals surface area (Å²) in [5.74, 6) is -1.08. The van der Waals surface area contributed by atoms with Crippen LogP contribution in [0.2, 0.25) is 0 Å². The van der Waals surface area contributed by atoms with E-state index < -0.39 is 16.8 Å². The molecule has 13 heteroatoms. The van der Waals surface area contributed by atoms with Crippen molar-refractivity contribution in [3.05, 3.63) is 57.6 Å². The van der Waals surface area contributed by atoms with Gasteiger partial charge in [-0.1, -0.05) is 0 Å². The van der Waals surface area contributed by atoms with Crippen molar-refractivity contribution < 1.29 is 28.7 Å². The summed E-state index contributed by atoms with van der Waals surface area (Å²) >= 11 is 5.39. The molecule has 38 heavy (non-hydrogen) atoms. The molecule has 2 aromatic rings. The van der Waals surface area contributed by atoms with Gasteiger partial charge in [-0.15, -0.1) is 0 Å². The number of amides is 1. The summed E-state index contributed by atoms with van der Waals surface area (Å²) in [6.07, 6.45) is 0. The highest BCUT2D eigenvalue weighted by Crippen LogP contribution is 2.31. The Balaban J connectivity index is 1.52. The first-order valence-electron chi connectivity index (χ1n) is 12.2. The Bertz CT molecular complexity index is 1210. The summed E-state index contributed by atoms with van der Waals surface area (Å²) < 4.78 is 15.9. The number of carbonyl (C=O) groups is 2. The number of hydrogen-bond acceptors (Lipinski definition) is 10. The van der Waals surface area contributed by atoms with E-state index in [0.29, 0.717) is 69.5 Å². The van der Waals surface area contributed by atoms with Crippen LogP contribution in [0.1, 0.15) is 27.6 Å². The van der Waals surface area contributed by atoms with Crippen molar-refractivity contribution in [1.82, 2.24) is 5.32 Å². The van der Waals surface area contributed by atoms with Crippen LogP contribution < -0.4 is 20.4 Å². The van der Waals surface area contributed by atoms with Crippen molar-refractivity contribution >= 4 is 52.0 Å². The molecule has 0 atom stereocenters. The van der Waals surface area contributed by atoms with Crippen LogP contribution in [0.5, 0.6) is 0 Å². The van der Waals surface area contributed by atoms with E-state index in [4.69, 9.17) is 26.4 Å². The molecule has 2 aromatic carbocycles. The summed E-state index contributed by atoms with van der Waals surface area (Å²) in [5, 5.41) is 17.3. The third-order valence-corrected chi connectivity index (χ3v) is 6.32. The summed E-state index contributed by atoms with van der Waals surface area (Å²) in [4.78, 5) is 40.5. The monoisotopic (exact) mass is 543 g/mol. The van der Waals surface area contributed by atoms with Gasteiger partial charge in [-0.3, -0.25) is 20.2 Å². The van der Waals surface area contributed by atoms with Crippen LogP contribution in [0, 0.1) is 10.1 Å². The lowest BCUT2D eigenvalue weighted by Crippen LogP contribution is -2.38. The molecule has 0 aliphatic carbocycles. The molecule has 2 fully saturated rings. The smallest absolute Gasteiger partial charge is 0.338 e. The Morgan fingerprint density at radius 1 is 0.974 bits per heavy atom. The molecule has 4 rings (SSSR count). The first-order valence-corrected chi connectivity index (χ1v) is 12.7. The molecule has 2 aliphatic heterocycles. The van der Waals surface area contributed by atoms with Gasteiger partial charge in [0.05, 0.1) is 54.9 Å². The van der Waals surface area contributed by atoms with Gasteiger partial charge in [0.2, 0.25) is 0 Å². The summed E-state index contributed by atoms with van der Waals surface area (Å²) in [6.45, 7) is 6.36. The minimum Gasteiger partial charge on any atom is -0.462 e. The van der Waals surface area contributed by atoms with Gasteiger partial charge in [-0.25, -0.2) is 4.79 Å². The lowest BCUT2D eigenvalue weighted by molar-refractivity contribution is -0.384. The number of nitro benzene ring substituents is 1. The molecule has 0 spiro atoms. The van der Waals surface area contributed by atoms with Crippen LogP contribution in [-0.4, -0.2) is 81.1 Å². The van der Waals surface area contributed by atoms with Crippen LogP contribution in [-0.2, 0) is 14.2 Å². The van der Waals surface area contributed by atoms with Crippen LogP contribution in [0.15, 0.2) is 36.4 Å². The highest BCUT2D eigenvalue weighted by atomic mass is 32.1. The first kappa shape index (κ1) is 27.2. The zero-order valence-corrected chi connectivity index (χ0v) is 21.8. The van der Waals surface area contributed by atoms with Gasteiger partial charge in [0.1, 0.15) is 5.69 Å². The summed E-state index contributed by atoms with van der Waals surface area (Å²) in [5.41, 5.74) is 1.97. The fourth-order valence-electron chi connectivity index (χ4n) is 4.27. The fraction of sp³-hybridized carbons (Fsp3) is 0.400. The second kappa shape index (κ2) is 12.6. The number of morpholine rings is 2. The Labute approximate surface area is 225 Å². The van der Waals surface area contributed by atoms with E-state index in [1.165, 1.54) is 12.1 Å². The van der Waals surface area contributed by atoms with E-state index in [1.807, 2.05) is 4.90 Å². The lowest BCUT2D eigenvalue weighted by atomic mass is 10.1. The molecule has 1 amide bonds. The molecule has 0 aromatic heterocycles. The summed E-state index contributed by atoms with van der Waals surface area (Å²) in [6, 6.07) is 9.40. The van der Waals surface area contributed by atoms with Gasteiger partial charge in [-0.05, 0) is 49.5 Å². The average Bonchev–Trinajstić information content (AvgIpc) is 2.93. The van der Waals surface area contributed by atoms with Gasteiger partial charge in [0, 0.05) is 37.8 Å². The van der Waals surface area contributed by atoms with Crippen molar-refractivity contribution in [2.24, 2.45) is 0 Å². The standard InChI is InChI=1S/C25H29N5O7S/c1-2-37-24(32)18-4-5-20(28-7-11-35-12-8-28)19(15-18)26-25(38)27-23(31)17-3-6-21(22(16-17)30(33)34)29-9-13-36-14-10-29/h3-6,15-16H,2,7-14H2,1H3,(H2,26,27,31,38). The number of carbonyl (C=O) groups excluding carboxylic acids is 2. The number of esters is 1. The van der Waals surface area contributed by atoms with Crippen LogP contribution in [0.4, 0.5) is 22.7 Å². The van der Waals surface area contributed by atoms with E-state index in [1.54, 1.807) is 31.2 Å². The minimum absolute atomic E-state index is 0.0228. The predicted molar refractivity (Wildman–Crippen MR) is 145 cm³/mol. The van der Waals surface area contributed by atoms with Crippen molar-refractivity contribution in [2.45, 2.75) is 6.92 Å². The summed E-state index contributed by atoms with van der Waals surface area (Å²) in [7, 11) is 0. The highest BCUT2D eigenvalue weighted by Gasteiger charge is 2.24. The van der Waals surface area contributed by atoms with Crippen LogP contribution in [0.3, 0.4) is 0 Å². The van der Waals surface area contributed by atoms with Gasteiger partial charge in [-0.2, -0.15) is 0 Å². The molecule has 0 bridgehead atoms. The number of hydrogen-bond donors (Lipinski definition) is 2. The normalized spacial score (nSPS) is 15.5. The first-order chi connectivity index (χ1) is 18.4. The lowest BCUT2D eigenvalue weighted by Gasteiger charge is -2.31. The third kappa shape index (κ3) is 6.54. The molecule has 12 nitrogen and oxygen atoms in total. The second-order valence-corrected chi connectivity index (χ2v) is 8.93. The number of nitro groups is 1. The Morgan fingerprint density at radius 3 is 2.16 bits per heavy atom. The van der Waals surface area contributed by atoms with Crippen molar-refractivity contribution in [1.29, 1.82) is 0 Å². The zero-order valence-electron chi connectivity index (χ0n) is 20.9. The Morgan fingerprint density at radius 2 is 1.55 bits per heavy atom. The Hall–Kier alpha value is -3.81.